The summed E-state index contributed by atoms with van der Waals surface area (Å²) < 4.78 is 10.7. The number of hydrogen-bond acceptors (Lipinski definition) is 7. The van der Waals surface area contributed by atoms with Gasteiger partial charge in [-0.15, -0.1) is 6.58 Å². The minimum absolute atomic E-state index is 0.0764. The van der Waals surface area contributed by atoms with Crippen molar-refractivity contribution in [2.45, 2.75) is 78.9 Å². The number of esters is 2. The molecule has 2 N–H and O–H groups in total. The van der Waals surface area contributed by atoms with E-state index in [0.29, 0.717) is 12.8 Å². The van der Waals surface area contributed by atoms with Gasteiger partial charge in [0.25, 0.3) is 0 Å². The van der Waals surface area contributed by atoms with E-state index in [4.69, 9.17) is 9.47 Å². The van der Waals surface area contributed by atoms with Gasteiger partial charge in [-0.2, -0.15) is 0 Å². The first-order valence-electron chi connectivity index (χ1n) is 11.3. The molecule has 0 aromatic carbocycles. The van der Waals surface area contributed by atoms with E-state index in [9.17, 15) is 24.6 Å². The molecule has 2 bridgehead atoms. The first-order chi connectivity index (χ1) is 14.4. The lowest BCUT2D eigenvalue weighted by Gasteiger charge is -2.58. The van der Waals surface area contributed by atoms with E-state index in [1.807, 2.05) is 27.7 Å². The fourth-order valence-corrected chi connectivity index (χ4v) is 5.74. The maximum Gasteiger partial charge on any atom is 0.332 e. The maximum absolute atomic E-state index is 14.2. The number of Topliss-reactive ketones (excluding diaryl/α,β-unsaturated/α-hetero) is 1. The molecular formula is C24H38O7. The number of carbonyl (C=O) groups excluding carboxylic acids is 3. The number of carbonyl (C=O) groups is 3. The monoisotopic (exact) mass is 438 g/mol. The summed E-state index contributed by atoms with van der Waals surface area (Å²) in [5.74, 6) is -1.77. The fourth-order valence-electron chi connectivity index (χ4n) is 5.74. The van der Waals surface area contributed by atoms with Crippen molar-refractivity contribution in [1.29, 1.82) is 0 Å². The molecular weight excluding hydrogens is 400 g/mol. The standard InChI is InChI=1S/C24H38O7/c1-7-22(5)13-17(31-19(27)14-25)23(6)15(3)9-11-24(21(23)29,16(4)20(22)28)12-10-18(26)30-8-2/h7,15-17,20,25,28H,1,8-14H2,2-6H3/t15?,16-,17+,20-,22+,23-,24-/m0/s1. The molecule has 0 aromatic rings. The molecule has 2 rings (SSSR count). The van der Waals surface area contributed by atoms with Gasteiger partial charge >= 0.3 is 11.9 Å². The van der Waals surface area contributed by atoms with Crippen LogP contribution in [0.2, 0.25) is 0 Å². The highest BCUT2D eigenvalue weighted by Gasteiger charge is 2.64. The highest BCUT2D eigenvalue weighted by atomic mass is 16.6. The number of hydrogen-bond donors (Lipinski definition) is 2. The van der Waals surface area contributed by atoms with E-state index in [-0.39, 0.29) is 43.5 Å². The highest BCUT2D eigenvalue weighted by molar-refractivity contribution is 5.93. The number of aliphatic hydroxyl groups excluding tert-OH is 2. The van der Waals surface area contributed by atoms with E-state index in [1.54, 1.807) is 13.0 Å². The summed E-state index contributed by atoms with van der Waals surface area (Å²) in [7, 11) is 0. The molecule has 0 heterocycles. The minimum atomic E-state index is -1.02. The summed E-state index contributed by atoms with van der Waals surface area (Å²) in [5, 5.41) is 20.7. The predicted octanol–water partition coefficient (Wildman–Crippen LogP) is 2.82. The van der Waals surface area contributed by atoms with Crippen molar-refractivity contribution < 1.29 is 34.1 Å². The molecule has 1 unspecified atom stereocenters. The second kappa shape index (κ2) is 9.41. The van der Waals surface area contributed by atoms with Crippen LogP contribution in [0.15, 0.2) is 12.7 Å². The molecule has 7 heteroatoms. The number of ketones is 1. The van der Waals surface area contributed by atoms with Gasteiger partial charge in [0.05, 0.1) is 18.1 Å². The number of aliphatic hydroxyl groups is 2. The number of ether oxygens (including phenoxy) is 2. The first kappa shape index (κ1) is 25.5. The molecule has 0 radical (unpaired) electrons. The Kier molecular flexibility index (Phi) is 7.75. The summed E-state index contributed by atoms with van der Waals surface area (Å²) in [5.41, 5.74) is -2.80. The molecule has 31 heavy (non-hydrogen) atoms. The minimum Gasteiger partial charge on any atom is -0.466 e. The van der Waals surface area contributed by atoms with Gasteiger partial charge in [-0.1, -0.05) is 26.8 Å². The van der Waals surface area contributed by atoms with Gasteiger partial charge in [0.2, 0.25) is 0 Å². The molecule has 0 aliphatic heterocycles. The predicted molar refractivity (Wildman–Crippen MR) is 115 cm³/mol. The van der Waals surface area contributed by atoms with E-state index in [0.717, 1.165) is 0 Å². The molecule has 176 valence electrons. The van der Waals surface area contributed by atoms with Crippen LogP contribution >= 0.6 is 0 Å². The van der Waals surface area contributed by atoms with Crippen LogP contribution in [0.1, 0.15) is 66.7 Å². The van der Waals surface area contributed by atoms with Gasteiger partial charge in [-0.05, 0) is 51.4 Å². The van der Waals surface area contributed by atoms with Crippen molar-refractivity contribution in [1.82, 2.24) is 0 Å². The molecule has 2 fully saturated rings. The zero-order valence-electron chi connectivity index (χ0n) is 19.5. The van der Waals surface area contributed by atoms with Crippen LogP contribution in [0.4, 0.5) is 0 Å². The summed E-state index contributed by atoms with van der Waals surface area (Å²) in [6.45, 7) is 12.6. The van der Waals surface area contributed by atoms with Crippen molar-refractivity contribution in [3.63, 3.8) is 0 Å². The SMILES string of the molecule is C=C[C@]1(C)C[C@@H](OC(=O)CO)[C@@]2(C)C(=O)[C@](CCC(=O)OCC)(CCC2C)[C@@H](C)[C@@H]1O. The summed E-state index contributed by atoms with van der Waals surface area (Å²) >= 11 is 0. The van der Waals surface area contributed by atoms with Crippen LogP contribution < -0.4 is 0 Å². The Hall–Kier alpha value is -1.73. The summed E-state index contributed by atoms with van der Waals surface area (Å²) in [4.78, 5) is 38.4. The van der Waals surface area contributed by atoms with Crippen molar-refractivity contribution >= 4 is 17.7 Å². The lowest BCUT2D eigenvalue weighted by Crippen LogP contribution is -2.64. The zero-order valence-corrected chi connectivity index (χ0v) is 19.5. The Balaban J connectivity index is 2.62. The normalized spacial score (nSPS) is 40.4. The van der Waals surface area contributed by atoms with Crippen molar-refractivity contribution in [3.05, 3.63) is 12.7 Å². The largest absolute Gasteiger partial charge is 0.466 e. The Morgan fingerprint density at radius 2 is 1.90 bits per heavy atom. The average molecular weight is 439 g/mol. The number of fused-ring (bicyclic) bond motifs is 2. The second-order valence-corrected chi connectivity index (χ2v) is 9.80. The first-order valence-corrected chi connectivity index (χ1v) is 11.3. The Morgan fingerprint density at radius 1 is 1.26 bits per heavy atom. The topological polar surface area (TPSA) is 110 Å². The Morgan fingerprint density at radius 3 is 2.45 bits per heavy atom. The lowest BCUT2D eigenvalue weighted by molar-refractivity contribution is -0.193. The highest BCUT2D eigenvalue weighted by Crippen LogP contribution is 2.59. The van der Waals surface area contributed by atoms with Crippen LogP contribution in [-0.2, 0) is 23.9 Å². The van der Waals surface area contributed by atoms with E-state index in [2.05, 4.69) is 6.58 Å². The average Bonchev–Trinajstić information content (AvgIpc) is 2.75. The van der Waals surface area contributed by atoms with Gasteiger partial charge in [0.15, 0.2) is 0 Å². The van der Waals surface area contributed by atoms with Crippen LogP contribution in [0.3, 0.4) is 0 Å². The molecule has 2 saturated carbocycles. The van der Waals surface area contributed by atoms with Crippen LogP contribution in [0.25, 0.3) is 0 Å². The van der Waals surface area contributed by atoms with Gasteiger partial charge in [-0.3, -0.25) is 9.59 Å². The van der Waals surface area contributed by atoms with E-state index in [1.165, 1.54) is 0 Å². The maximum atomic E-state index is 14.2. The van der Waals surface area contributed by atoms with E-state index < -0.39 is 46.9 Å². The Bertz CT molecular complexity index is 719. The summed E-state index contributed by atoms with van der Waals surface area (Å²) in [6.07, 6.45) is 1.69. The third-order valence-electron chi connectivity index (χ3n) is 8.25. The van der Waals surface area contributed by atoms with Gasteiger partial charge in [0, 0.05) is 17.3 Å². The molecule has 0 aromatic heterocycles. The van der Waals surface area contributed by atoms with E-state index >= 15 is 0 Å². The smallest absolute Gasteiger partial charge is 0.332 e. The van der Waals surface area contributed by atoms with Gasteiger partial charge in [-0.25, -0.2) is 4.79 Å². The van der Waals surface area contributed by atoms with Crippen LogP contribution in [0, 0.1) is 28.1 Å². The number of rotatable bonds is 7. The second-order valence-electron chi connectivity index (χ2n) is 9.80. The van der Waals surface area contributed by atoms with Crippen molar-refractivity contribution in [2.24, 2.45) is 28.1 Å². The van der Waals surface area contributed by atoms with Crippen LogP contribution in [-0.4, -0.2) is 53.4 Å². The molecule has 7 nitrogen and oxygen atoms in total. The molecule has 0 spiro atoms. The van der Waals surface area contributed by atoms with Gasteiger partial charge < -0.3 is 19.7 Å². The third-order valence-corrected chi connectivity index (χ3v) is 8.25. The molecule has 0 saturated heterocycles. The third kappa shape index (κ3) is 4.31. The van der Waals surface area contributed by atoms with Crippen molar-refractivity contribution in [3.8, 4) is 0 Å². The van der Waals surface area contributed by atoms with Crippen molar-refractivity contribution in [2.75, 3.05) is 13.2 Å². The molecule has 0 amide bonds. The molecule has 2 aliphatic carbocycles. The van der Waals surface area contributed by atoms with Gasteiger partial charge in [0.1, 0.15) is 18.5 Å². The zero-order chi connectivity index (χ0) is 23.6. The molecule has 2 aliphatic rings. The Labute approximate surface area is 185 Å². The molecule has 7 atom stereocenters. The quantitative estimate of drug-likeness (QED) is 0.464. The fraction of sp³-hybridized carbons (Fsp3) is 0.792. The lowest BCUT2D eigenvalue weighted by atomic mass is 9.46. The summed E-state index contributed by atoms with van der Waals surface area (Å²) in [6, 6.07) is 0. The van der Waals surface area contributed by atoms with Crippen LogP contribution in [0.5, 0.6) is 0 Å².